The van der Waals surface area contributed by atoms with E-state index >= 15 is 0 Å². The molecule has 0 bridgehead atoms. The molecule has 0 aliphatic carbocycles. The van der Waals surface area contributed by atoms with Crippen LogP contribution in [-0.4, -0.2) is 42.9 Å². The number of benzene rings is 2. The smallest absolute Gasteiger partial charge is 0.279 e. The standard InChI is InChI=1S/C25H31N3O4S2/c1-5-9-18-27(7-3)34(30,31)20-15-13-19(14-16-20)24(29)26-25-28(17-6-2)23-21(32-8-4)11-10-12-22(23)33-25/h6,10-16H,2,5,7-9,17-18H2,1,3-4H3. The van der Waals surface area contributed by atoms with Gasteiger partial charge in [0.25, 0.3) is 5.91 Å². The highest BCUT2D eigenvalue weighted by Gasteiger charge is 2.22. The number of ether oxygens (including phenoxy) is 1. The molecule has 0 aliphatic heterocycles. The molecule has 9 heteroatoms. The maximum Gasteiger partial charge on any atom is 0.279 e. The molecule has 1 heterocycles. The molecule has 3 rings (SSSR count). The van der Waals surface area contributed by atoms with Crippen LogP contribution in [0.15, 0.2) is 65.0 Å². The van der Waals surface area contributed by atoms with Gasteiger partial charge in [-0.3, -0.25) is 4.79 Å². The minimum Gasteiger partial charge on any atom is -0.492 e. The minimum absolute atomic E-state index is 0.173. The van der Waals surface area contributed by atoms with E-state index in [1.165, 1.54) is 39.9 Å². The normalized spacial score (nSPS) is 12.4. The van der Waals surface area contributed by atoms with Crippen LogP contribution in [0.2, 0.25) is 0 Å². The quantitative estimate of drug-likeness (QED) is 0.352. The molecular formula is C25H31N3O4S2. The zero-order chi connectivity index (χ0) is 24.7. The van der Waals surface area contributed by atoms with Crippen molar-refractivity contribution in [1.29, 1.82) is 0 Å². The van der Waals surface area contributed by atoms with Crippen LogP contribution < -0.4 is 9.54 Å². The van der Waals surface area contributed by atoms with Gasteiger partial charge in [-0.15, -0.1) is 6.58 Å². The number of carbonyl (C=O) groups is 1. The molecule has 0 saturated carbocycles. The van der Waals surface area contributed by atoms with Gasteiger partial charge < -0.3 is 9.30 Å². The highest BCUT2D eigenvalue weighted by Crippen LogP contribution is 2.28. The van der Waals surface area contributed by atoms with Gasteiger partial charge in [0.2, 0.25) is 10.0 Å². The lowest BCUT2D eigenvalue weighted by Gasteiger charge is -2.20. The first-order valence-electron chi connectivity index (χ1n) is 11.4. The topological polar surface area (TPSA) is 81.0 Å². The summed E-state index contributed by atoms with van der Waals surface area (Å²) < 4.78 is 36.0. The third-order valence-electron chi connectivity index (χ3n) is 5.33. The zero-order valence-electron chi connectivity index (χ0n) is 19.9. The Bertz CT molecular complexity index is 1320. The van der Waals surface area contributed by atoms with Gasteiger partial charge in [0.15, 0.2) is 4.80 Å². The number of thiazole rings is 1. The first-order chi connectivity index (χ1) is 16.4. The van der Waals surface area contributed by atoms with Crippen LogP contribution in [0.25, 0.3) is 10.2 Å². The Hall–Kier alpha value is -2.75. The number of unbranched alkanes of at least 4 members (excludes halogenated alkanes) is 1. The van der Waals surface area contributed by atoms with E-state index < -0.39 is 15.9 Å². The minimum atomic E-state index is -3.60. The van der Waals surface area contributed by atoms with E-state index in [9.17, 15) is 13.2 Å². The zero-order valence-corrected chi connectivity index (χ0v) is 21.5. The molecular weight excluding hydrogens is 470 g/mol. The first-order valence-corrected chi connectivity index (χ1v) is 13.7. The lowest BCUT2D eigenvalue weighted by Crippen LogP contribution is -2.31. The monoisotopic (exact) mass is 501 g/mol. The molecule has 0 aliphatic rings. The van der Waals surface area contributed by atoms with E-state index in [2.05, 4.69) is 11.6 Å². The van der Waals surface area contributed by atoms with Crippen LogP contribution in [-0.2, 0) is 16.6 Å². The van der Waals surface area contributed by atoms with Crippen LogP contribution in [0.5, 0.6) is 5.75 Å². The van der Waals surface area contributed by atoms with Crippen LogP contribution in [0, 0.1) is 0 Å². The van der Waals surface area contributed by atoms with Gasteiger partial charge in [-0.2, -0.15) is 9.30 Å². The van der Waals surface area contributed by atoms with Crippen molar-refractivity contribution in [3.63, 3.8) is 0 Å². The molecule has 2 aromatic carbocycles. The summed E-state index contributed by atoms with van der Waals surface area (Å²) >= 11 is 1.39. The lowest BCUT2D eigenvalue weighted by molar-refractivity contribution is 0.0997. The second-order valence-corrected chi connectivity index (χ2v) is 10.6. The molecule has 1 amide bonds. The Balaban J connectivity index is 1.97. The van der Waals surface area contributed by atoms with Gasteiger partial charge in [-0.05, 0) is 49.7 Å². The number of nitrogens with zero attached hydrogens (tertiary/aromatic N) is 3. The third kappa shape index (κ3) is 5.48. The molecule has 0 N–H and O–H groups in total. The van der Waals surface area contributed by atoms with E-state index in [1.54, 1.807) is 6.08 Å². The molecule has 34 heavy (non-hydrogen) atoms. The second-order valence-electron chi connectivity index (χ2n) is 7.61. The van der Waals surface area contributed by atoms with Gasteiger partial charge in [-0.25, -0.2) is 8.42 Å². The second kappa shape index (κ2) is 11.6. The molecule has 0 spiro atoms. The number of amides is 1. The van der Waals surface area contributed by atoms with Crippen molar-refractivity contribution in [3.05, 3.63) is 65.5 Å². The molecule has 0 atom stereocenters. The summed E-state index contributed by atoms with van der Waals surface area (Å²) in [5.41, 5.74) is 1.19. The predicted molar refractivity (Wildman–Crippen MR) is 137 cm³/mol. The summed E-state index contributed by atoms with van der Waals surface area (Å²) in [6.07, 6.45) is 3.46. The van der Waals surface area contributed by atoms with Crippen molar-refractivity contribution in [2.24, 2.45) is 4.99 Å². The van der Waals surface area contributed by atoms with Gasteiger partial charge in [0.1, 0.15) is 11.3 Å². The summed E-state index contributed by atoms with van der Waals surface area (Å²) in [6.45, 7) is 11.5. The summed E-state index contributed by atoms with van der Waals surface area (Å²) in [7, 11) is -3.60. The Morgan fingerprint density at radius 1 is 1.18 bits per heavy atom. The van der Waals surface area contributed by atoms with E-state index in [0.29, 0.717) is 36.6 Å². The molecule has 0 fully saturated rings. The number of fused-ring (bicyclic) bond motifs is 1. The van der Waals surface area contributed by atoms with E-state index in [0.717, 1.165) is 28.8 Å². The van der Waals surface area contributed by atoms with E-state index in [4.69, 9.17) is 4.74 Å². The number of allylic oxidation sites excluding steroid dienone is 1. The number of hydrogen-bond donors (Lipinski definition) is 0. The summed E-state index contributed by atoms with van der Waals surface area (Å²) in [5, 5.41) is 0. The molecule has 3 aromatic rings. The summed E-state index contributed by atoms with van der Waals surface area (Å²) in [6, 6.07) is 11.7. The number of sulfonamides is 1. The number of aromatic nitrogens is 1. The Kier molecular flexibility index (Phi) is 8.82. The molecule has 7 nitrogen and oxygen atoms in total. The van der Waals surface area contributed by atoms with E-state index in [1.807, 2.05) is 43.5 Å². The lowest BCUT2D eigenvalue weighted by atomic mass is 10.2. The van der Waals surface area contributed by atoms with Crippen molar-refractivity contribution in [3.8, 4) is 5.75 Å². The number of rotatable bonds is 11. The first kappa shape index (κ1) is 25.9. The average Bonchev–Trinajstić information content (AvgIpc) is 3.17. The van der Waals surface area contributed by atoms with Crippen molar-refractivity contribution in [2.75, 3.05) is 19.7 Å². The van der Waals surface area contributed by atoms with Crippen LogP contribution in [0.3, 0.4) is 0 Å². The molecule has 0 saturated heterocycles. The largest absolute Gasteiger partial charge is 0.492 e. The molecule has 182 valence electrons. The van der Waals surface area contributed by atoms with Crippen LogP contribution in [0.1, 0.15) is 44.0 Å². The van der Waals surface area contributed by atoms with Crippen LogP contribution in [0.4, 0.5) is 0 Å². The van der Waals surface area contributed by atoms with Crippen molar-refractivity contribution in [2.45, 2.75) is 45.1 Å². The van der Waals surface area contributed by atoms with Gasteiger partial charge in [0, 0.05) is 25.2 Å². The number of para-hydroxylation sites is 1. The SMILES string of the molecule is C=CCn1c(=NC(=O)c2ccc(S(=O)(=O)N(CC)CCCC)cc2)sc2cccc(OCC)c21. The van der Waals surface area contributed by atoms with Gasteiger partial charge in [-0.1, -0.05) is 43.7 Å². The highest BCUT2D eigenvalue weighted by atomic mass is 32.2. The van der Waals surface area contributed by atoms with Gasteiger partial charge >= 0.3 is 0 Å². The Morgan fingerprint density at radius 3 is 2.53 bits per heavy atom. The fraction of sp³-hybridized carbons (Fsp3) is 0.360. The average molecular weight is 502 g/mol. The fourth-order valence-electron chi connectivity index (χ4n) is 3.61. The molecule has 1 aromatic heterocycles. The van der Waals surface area contributed by atoms with Crippen LogP contribution >= 0.6 is 11.3 Å². The maximum absolute atomic E-state index is 13.0. The molecule has 0 unspecified atom stereocenters. The van der Waals surface area contributed by atoms with Gasteiger partial charge in [0.05, 0.1) is 16.2 Å². The summed E-state index contributed by atoms with van der Waals surface area (Å²) in [5.74, 6) is 0.287. The highest BCUT2D eigenvalue weighted by molar-refractivity contribution is 7.89. The molecule has 0 radical (unpaired) electrons. The van der Waals surface area contributed by atoms with E-state index in [-0.39, 0.29) is 4.90 Å². The number of carbonyl (C=O) groups excluding carboxylic acids is 1. The van der Waals surface area contributed by atoms with Crippen molar-refractivity contribution >= 4 is 37.5 Å². The maximum atomic E-state index is 13.0. The Labute approximate surface area is 205 Å². The predicted octanol–water partition coefficient (Wildman–Crippen LogP) is 4.84. The Morgan fingerprint density at radius 2 is 1.91 bits per heavy atom. The summed E-state index contributed by atoms with van der Waals surface area (Å²) in [4.78, 5) is 18.0. The van der Waals surface area contributed by atoms with Crippen molar-refractivity contribution < 1.29 is 17.9 Å². The third-order valence-corrected chi connectivity index (χ3v) is 8.36. The fourth-order valence-corrected chi connectivity index (χ4v) is 6.15. The number of hydrogen-bond acceptors (Lipinski definition) is 5. The van der Waals surface area contributed by atoms with Crippen molar-refractivity contribution in [1.82, 2.24) is 8.87 Å².